The van der Waals surface area contributed by atoms with Crippen LogP contribution in [0.25, 0.3) is 10.1 Å². The van der Waals surface area contributed by atoms with E-state index in [-0.39, 0.29) is 5.11 Å². The summed E-state index contributed by atoms with van der Waals surface area (Å²) in [6.07, 6.45) is 0. The van der Waals surface area contributed by atoms with Gasteiger partial charge in [-0.15, -0.1) is 11.3 Å². The number of amides is 2. The molecule has 0 spiro atoms. The van der Waals surface area contributed by atoms with E-state index in [1.165, 1.54) is 11.3 Å². The molecule has 0 saturated carbocycles. The molecule has 0 atom stereocenters. The predicted molar refractivity (Wildman–Crippen MR) is 124 cm³/mol. The number of thiocarbonyl (C=S) groups is 1. The molecule has 1 heterocycles. The molecule has 0 radical (unpaired) electrons. The molecule has 0 aliphatic carbocycles. The van der Waals surface area contributed by atoms with Crippen molar-refractivity contribution in [3.8, 4) is 5.75 Å². The van der Waals surface area contributed by atoms with Gasteiger partial charge in [0.1, 0.15) is 10.6 Å². The van der Waals surface area contributed by atoms with Crippen LogP contribution in [0.15, 0.2) is 48.5 Å². The van der Waals surface area contributed by atoms with Gasteiger partial charge in [-0.3, -0.25) is 25.8 Å². The molecular weight excluding hydrogens is 442 g/mol. The first-order valence-electron chi connectivity index (χ1n) is 9.16. The fourth-order valence-corrected chi connectivity index (χ4v) is 4.06. The lowest BCUT2D eigenvalue weighted by Gasteiger charge is -2.11. The Hall–Kier alpha value is -2.68. The number of fused-ring (bicyclic) bond motifs is 1. The highest BCUT2D eigenvalue weighted by atomic mass is 35.5. The molecule has 3 rings (SSSR count). The third kappa shape index (κ3) is 5.47. The number of thiophene rings is 1. The van der Waals surface area contributed by atoms with Crippen molar-refractivity contribution < 1.29 is 14.3 Å². The Morgan fingerprint density at radius 1 is 1.07 bits per heavy atom. The second kappa shape index (κ2) is 9.88. The van der Waals surface area contributed by atoms with E-state index in [0.29, 0.717) is 33.7 Å². The fourth-order valence-electron chi connectivity index (χ4n) is 2.50. The lowest BCUT2D eigenvalue weighted by atomic mass is 10.2. The third-order valence-corrected chi connectivity index (χ3v) is 5.84. The number of halogens is 1. The molecule has 3 N–H and O–H groups in total. The second-order valence-corrected chi connectivity index (χ2v) is 8.67. The maximum Gasteiger partial charge on any atom is 0.269 e. The van der Waals surface area contributed by atoms with Gasteiger partial charge >= 0.3 is 0 Å². The lowest BCUT2D eigenvalue weighted by molar-refractivity contribution is 0.0935. The van der Waals surface area contributed by atoms with E-state index in [4.69, 9.17) is 28.6 Å². The van der Waals surface area contributed by atoms with Gasteiger partial charge in [-0.25, -0.2) is 0 Å². The first kappa shape index (κ1) is 22.0. The molecule has 30 heavy (non-hydrogen) atoms. The van der Waals surface area contributed by atoms with Crippen LogP contribution < -0.4 is 20.9 Å². The van der Waals surface area contributed by atoms with E-state index in [1.807, 2.05) is 24.3 Å². The number of carbonyl (C=O) groups excluding carboxylic acids is 2. The van der Waals surface area contributed by atoms with Crippen LogP contribution in [0.2, 0.25) is 5.02 Å². The molecular formula is C21H20ClN3O3S2. The lowest BCUT2D eigenvalue weighted by Crippen LogP contribution is -2.48. The Labute approximate surface area is 188 Å². The third-order valence-electron chi connectivity index (χ3n) is 3.96. The first-order chi connectivity index (χ1) is 14.3. The molecule has 156 valence electrons. The number of rotatable bonds is 5. The van der Waals surface area contributed by atoms with Gasteiger partial charge in [-0.2, -0.15) is 0 Å². The highest BCUT2D eigenvalue weighted by Gasteiger charge is 2.18. The van der Waals surface area contributed by atoms with Crippen LogP contribution in [0, 0.1) is 5.92 Å². The zero-order valence-corrected chi connectivity index (χ0v) is 18.7. The summed E-state index contributed by atoms with van der Waals surface area (Å²) in [5, 5.41) is 3.65. The van der Waals surface area contributed by atoms with Crippen molar-refractivity contribution in [1.82, 2.24) is 16.2 Å². The maximum atomic E-state index is 12.5. The minimum atomic E-state index is -0.445. The summed E-state index contributed by atoms with van der Waals surface area (Å²) in [4.78, 5) is 25.1. The van der Waals surface area contributed by atoms with Gasteiger partial charge in [0, 0.05) is 15.6 Å². The number of hydrogen-bond acceptors (Lipinski definition) is 5. The SMILES string of the molecule is CC(C)COc1ccc(C(=O)NNC(=S)NC(=O)c2sc3ccccc3c2Cl)cc1. The molecule has 0 aliphatic heterocycles. The van der Waals surface area contributed by atoms with Crippen molar-refractivity contribution in [3.05, 3.63) is 64.0 Å². The molecule has 3 aromatic rings. The van der Waals surface area contributed by atoms with E-state index in [1.54, 1.807) is 24.3 Å². The summed E-state index contributed by atoms with van der Waals surface area (Å²) in [6, 6.07) is 14.2. The van der Waals surface area contributed by atoms with Crippen LogP contribution in [0.4, 0.5) is 0 Å². The smallest absolute Gasteiger partial charge is 0.269 e. The molecule has 2 amide bonds. The summed E-state index contributed by atoms with van der Waals surface area (Å²) < 4.78 is 6.50. The summed E-state index contributed by atoms with van der Waals surface area (Å²) in [5.41, 5.74) is 5.39. The Balaban J connectivity index is 1.53. The predicted octanol–water partition coefficient (Wildman–Crippen LogP) is 4.54. The van der Waals surface area contributed by atoms with Crippen LogP contribution in [-0.4, -0.2) is 23.5 Å². The number of hydrazine groups is 1. The molecule has 0 bridgehead atoms. The number of carbonyl (C=O) groups is 2. The van der Waals surface area contributed by atoms with Crippen molar-refractivity contribution in [3.63, 3.8) is 0 Å². The van der Waals surface area contributed by atoms with Crippen LogP contribution in [-0.2, 0) is 0 Å². The van der Waals surface area contributed by atoms with Gasteiger partial charge in [-0.1, -0.05) is 43.6 Å². The highest BCUT2D eigenvalue weighted by molar-refractivity contribution is 7.80. The maximum absolute atomic E-state index is 12.5. The molecule has 0 unspecified atom stereocenters. The van der Waals surface area contributed by atoms with Gasteiger partial charge in [0.15, 0.2) is 5.11 Å². The minimum Gasteiger partial charge on any atom is -0.493 e. The van der Waals surface area contributed by atoms with Gasteiger partial charge in [0.05, 0.1) is 11.6 Å². The molecule has 2 aromatic carbocycles. The van der Waals surface area contributed by atoms with Crippen molar-refractivity contribution in [2.75, 3.05) is 6.61 Å². The normalized spacial score (nSPS) is 10.7. The Bertz CT molecular complexity index is 1080. The van der Waals surface area contributed by atoms with E-state index < -0.39 is 11.8 Å². The fraction of sp³-hybridized carbons (Fsp3) is 0.190. The number of benzene rings is 2. The average molecular weight is 462 g/mol. The summed E-state index contributed by atoms with van der Waals surface area (Å²) in [7, 11) is 0. The van der Waals surface area contributed by atoms with Crippen LogP contribution in [0.5, 0.6) is 5.75 Å². The Morgan fingerprint density at radius 3 is 2.43 bits per heavy atom. The van der Waals surface area contributed by atoms with Crippen LogP contribution in [0.1, 0.15) is 33.9 Å². The van der Waals surface area contributed by atoms with Gasteiger partial charge in [-0.05, 0) is 48.5 Å². The molecule has 0 aliphatic rings. The monoisotopic (exact) mass is 461 g/mol. The van der Waals surface area contributed by atoms with E-state index in [2.05, 4.69) is 30.0 Å². The summed E-state index contributed by atoms with van der Waals surface area (Å²) in [5.74, 6) is 0.258. The number of hydrogen-bond donors (Lipinski definition) is 3. The van der Waals surface area contributed by atoms with E-state index in [0.717, 1.165) is 10.1 Å². The van der Waals surface area contributed by atoms with Crippen molar-refractivity contribution >= 4 is 62.2 Å². The average Bonchev–Trinajstić information content (AvgIpc) is 3.08. The highest BCUT2D eigenvalue weighted by Crippen LogP contribution is 2.34. The number of nitrogens with one attached hydrogen (secondary N) is 3. The minimum absolute atomic E-state index is 0.0428. The van der Waals surface area contributed by atoms with Crippen molar-refractivity contribution in [2.45, 2.75) is 13.8 Å². The van der Waals surface area contributed by atoms with Crippen molar-refractivity contribution in [2.24, 2.45) is 5.92 Å². The van der Waals surface area contributed by atoms with Gasteiger partial charge in [0.2, 0.25) is 0 Å². The second-order valence-electron chi connectivity index (χ2n) is 6.83. The molecule has 1 aromatic heterocycles. The Morgan fingerprint density at radius 2 is 1.77 bits per heavy atom. The topological polar surface area (TPSA) is 79.5 Å². The molecule has 9 heteroatoms. The molecule has 0 saturated heterocycles. The zero-order valence-electron chi connectivity index (χ0n) is 16.3. The van der Waals surface area contributed by atoms with E-state index in [9.17, 15) is 9.59 Å². The quantitative estimate of drug-likeness (QED) is 0.384. The summed E-state index contributed by atoms with van der Waals surface area (Å²) in [6.45, 7) is 4.72. The first-order valence-corrected chi connectivity index (χ1v) is 10.8. The van der Waals surface area contributed by atoms with Gasteiger partial charge in [0.25, 0.3) is 11.8 Å². The largest absolute Gasteiger partial charge is 0.493 e. The molecule has 6 nitrogen and oxygen atoms in total. The van der Waals surface area contributed by atoms with Crippen molar-refractivity contribution in [1.29, 1.82) is 0 Å². The van der Waals surface area contributed by atoms with Gasteiger partial charge < -0.3 is 4.74 Å². The zero-order chi connectivity index (χ0) is 21.7. The Kier molecular flexibility index (Phi) is 7.25. The molecule has 0 fully saturated rings. The van der Waals surface area contributed by atoms with Crippen LogP contribution in [0.3, 0.4) is 0 Å². The standard InChI is InChI=1S/C21H20ClN3O3S2/c1-12(2)11-28-14-9-7-13(8-10-14)19(26)24-25-21(29)23-20(27)18-17(22)15-5-3-4-6-16(15)30-18/h3-10,12H,11H2,1-2H3,(H,24,26)(H2,23,25,27,29). The van der Waals surface area contributed by atoms with Crippen LogP contribution >= 0.6 is 35.2 Å². The number of ether oxygens (including phenoxy) is 1. The van der Waals surface area contributed by atoms with E-state index >= 15 is 0 Å². The summed E-state index contributed by atoms with van der Waals surface area (Å²) >= 11 is 12.7.